The lowest BCUT2D eigenvalue weighted by Crippen LogP contribution is -2.31. The van der Waals surface area contributed by atoms with Crippen molar-refractivity contribution in [2.75, 3.05) is 11.9 Å². The summed E-state index contributed by atoms with van der Waals surface area (Å²) in [5, 5.41) is 20.2. The molecule has 0 saturated heterocycles. The molecule has 0 aliphatic rings. The topological polar surface area (TPSA) is 117 Å². The normalized spacial score (nSPS) is 11.8. The Morgan fingerprint density at radius 1 is 1.15 bits per heavy atom. The van der Waals surface area contributed by atoms with Gasteiger partial charge in [-0.3, -0.25) is 4.79 Å². The Labute approximate surface area is 142 Å². The number of para-hydroxylation sites is 2. The third-order valence-electron chi connectivity index (χ3n) is 3.58. The van der Waals surface area contributed by atoms with Crippen LogP contribution >= 0.6 is 0 Å². The molecule has 0 bridgehead atoms. The van der Waals surface area contributed by atoms with Crippen molar-refractivity contribution < 1.29 is 33.0 Å². The number of aromatic carboxylic acids is 1. The number of hydrogen-bond donors (Lipinski definition) is 3. The van der Waals surface area contributed by atoms with Crippen LogP contribution < -0.4 is 5.32 Å². The molecule has 3 rings (SSSR count). The molecule has 136 valence electrons. The lowest BCUT2D eigenvalue weighted by atomic mass is 10.2. The molecule has 0 radical (unpaired) electrons. The zero-order chi connectivity index (χ0) is 19.1. The number of aliphatic hydroxyl groups excluding tert-OH is 1. The summed E-state index contributed by atoms with van der Waals surface area (Å²) in [7, 11) is 0. The van der Waals surface area contributed by atoms with Gasteiger partial charge in [0.1, 0.15) is 16.9 Å². The van der Waals surface area contributed by atoms with Crippen molar-refractivity contribution in [3.63, 3.8) is 0 Å². The molecule has 8 nitrogen and oxygen atoms in total. The van der Waals surface area contributed by atoms with Crippen molar-refractivity contribution in [3.8, 4) is 0 Å². The van der Waals surface area contributed by atoms with E-state index in [0.29, 0.717) is 11.0 Å². The molecule has 1 aromatic carbocycles. The SMILES string of the molecule is O=C(O)c1c(NC(=O)C(F)(F)F)n(CCO)c2nc3ccccc3nc12. The van der Waals surface area contributed by atoms with Crippen molar-refractivity contribution in [3.05, 3.63) is 29.8 Å². The molecule has 0 aliphatic carbocycles. The zero-order valence-electron chi connectivity index (χ0n) is 12.9. The third-order valence-corrected chi connectivity index (χ3v) is 3.58. The van der Waals surface area contributed by atoms with E-state index in [1.807, 2.05) is 0 Å². The summed E-state index contributed by atoms with van der Waals surface area (Å²) in [4.78, 5) is 31.4. The summed E-state index contributed by atoms with van der Waals surface area (Å²) in [6, 6.07) is 6.45. The highest BCUT2D eigenvalue weighted by Gasteiger charge is 2.40. The molecule has 0 spiro atoms. The van der Waals surface area contributed by atoms with E-state index in [9.17, 15) is 33.0 Å². The predicted molar refractivity (Wildman–Crippen MR) is 83.8 cm³/mol. The predicted octanol–water partition coefficient (Wildman–Crippen LogP) is 1.78. The quantitative estimate of drug-likeness (QED) is 0.646. The van der Waals surface area contributed by atoms with Crippen molar-refractivity contribution in [1.82, 2.24) is 14.5 Å². The van der Waals surface area contributed by atoms with Gasteiger partial charge in [0.2, 0.25) is 0 Å². The Kier molecular flexibility index (Phi) is 4.24. The molecule has 26 heavy (non-hydrogen) atoms. The zero-order valence-corrected chi connectivity index (χ0v) is 12.9. The number of hydrogen-bond acceptors (Lipinski definition) is 5. The van der Waals surface area contributed by atoms with Gasteiger partial charge >= 0.3 is 18.1 Å². The standard InChI is InChI=1S/C15H11F3N4O4/c16-15(17,18)14(26)21-11-9(13(24)25)10-12(22(11)5-6-23)20-8-4-2-1-3-7(8)19-10/h1-4,23H,5-6H2,(H,21,26)(H,24,25). The summed E-state index contributed by atoms with van der Waals surface area (Å²) in [6.07, 6.45) is -5.22. The van der Waals surface area contributed by atoms with E-state index in [-0.39, 0.29) is 17.7 Å². The molecule has 3 aromatic rings. The first-order chi connectivity index (χ1) is 12.2. The van der Waals surface area contributed by atoms with Gasteiger partial charge < -0.3 is 20.1 Å². The number of carbonyl (C=O) groups excluding carboxylic acids is 1. The van der Waals surface area contributed by atoms with E-state index in [1.54, 1.807) is 29.6 Å². The number of fused-ring (bicyclic) bond motifs is 2. The van der Waals surface area contributed by atoms with Crippen molar-refractivity contribution >= 4 is 39.9 Å². The second-order valence-corrected chi connectivity index (χ2v) is 5.24. The first kappa shape index (κ1) is 17.6. The van der Waals surface area contributed by atoms with E-state index in [1.165, 1.54) is 0 Å². The summed E-state index contributed by atoms with van der Waals surface area (Å²) < 4.78 is 38.8. The fourth-order valence-corrected chi connectivity index (χ4v) is 2.53. The van der Waals surface area contributed by atoms with Gasteiger partial charge in [0.25, 0.3) is 0 Å². The molecule has 0 fully saturated rings. The second-order valence-electron chi connectivity index (χ2n) is 5.24. The van der Waals surface area contributed by atoms with E-state index in [4.69, 9.17) is 0 Å². The van der Waals surface area contributed by atoms with Gasteiger partial charge in [0.15, 0.2) is 5.65 Å². The Morgan fingerprint density at radius 3 is 2.31 bits per heavy atom. The lowest BCUT2D eigenvalue weighted by molar-refractivity contribution is -0.167. The van der Waals surface area contributed by atoms with E-state index >= 15 is 0 Å². The van der Waals surface area contributed by atoms with Gasteiger partial charge in [-0.1, -0.05) is 12.1 Å². The summed E-state index contributed by atoms with van der Waals surface area (Å²) in [5.74, 6) is -4.57. The van der Waals surface area contributed by atoms with Gasteiger partial charge in [0.05, 0.1) is 17.6 Å². The highest BCUT2D eigenvalue weighted by Crippen LogP contribution is 2.31. The van der Waals surface area contributed by atoms with Crippen LogP contribution in [0.15, 0.2) is 24.3 Å². The van der Waals surface area contributed by atoms with E-state index in [2.05, 4.69) is 9.97 Å². The molecule has 11 heteroatoms. The highest BCUT2D eigenvalue weighted by atomic mass is 19.4. The number of amides is 1. The van der Waals surface area contributed by atoms with Crippen LogP contribution in [0.3, 0.4) is 0 Å². The van der Waals surface area contributed by atoms with Crippen LogP contribution in [0.25, 0.3) is 22.2 Å². The Hall–Kier alpha value is -3.21. The van der Waals surface area contributed by atoms with Crippen LogP contribution in [0.5, 0.6) is 0 Å². The largest absolute Gasteiger partial charge is 0.477 e. The lowest BCUT2D eigenvalue weighted by Gasteiger charge is -2.12. The number of carboxylic acid groups (broad SMARTS) is 1. The molecule has 0 atom stereocenters. The molecule has 1 amide bonds. The van der Waals surface area contributed by atoms with Gasteiger partial charge in [-0.15, -0.1) is 0 Å². The highest BCUT2D eigenvalue weighted by molar-refractivity contribution is 6.11. The number of rotatable bonds is 4. The average molecular weight is 368 g/mol. The molecule has 0 aliphatic heterocycles. The third kappa shape index (κ3) is 2.92. The van der Waals surface area contributed by atoms with Crippen LogP contribution in [-0.2, 0) is 11.3 Å². The van der Waals surface area contributed by atoms with Crippen LogP contribution in [0, 0.1) is 0 Å². The maximum absolute atomic E-state index is 12.6. The number of halogens is 3. The van der Waals surface area contributed by atoms with Crippen molar-refractivity contribution in [1.29, 1.82) is 0 Å². The molecule has 0 unspecified atom stereocenters. The molecule has 2 heterocycles. The summed E-state index contributed by atoms with van der Waals surface area (Å²) in [5.41, 5.74) is -0.182. The summed E-state index contributed by atoms with van der Waals surface area (Å²) >= 11 is 0. The number of nitrogens with zero attached hydrogens (tertiary/aromatic N) is 3. The Balaban J connectivity index is 2.34. The number of anilines is 1. The van der Waals surface area contributed by atoms with E-state index < -0.39 is 36.0 Å². The minimum absolute atomic E-state index is 0.0624. The fraction of sp³-hybridized carbons (Fsp3) is 0.200. The van der Waals surface area contributed by atoms with Crippen molar-refractivity contribution in [2.24, 2.45) is 0 Å². The molecule has 2 aromatic heterocycles. The first-order valence-electron chi connectivity index (χ1n) is 7.25. The number of nitrogens with one attached hydrogen (secondary N) is 1. The summed E-state index contributed by atoms with van der Waals surface area (Å²) in [6.45, 7) is -0.809. The number of benzene rings is 1. The smallest absolute Gasteiger partial charge is 0.471 e. The monoisotopic (exact) mass is 368 g/mol. The Bertz CT molecular complexity index is 1030. The van der Waals surface area contributed by atoms with Gasteiger partial charge in [-0.2, -0.15) is 13.2 Å². The van der Waals surface area contributed by atoms with Crippen LogP contribution in [0.1, 0.15) is 10.4 Å². The molecular formula is C15H11F3N4O4. The number of carboxylic acids is 1. The average Bonchev–Trinajstić information content (AvgIpc) is 2.85. The molecular weight excluding hydrogens is 357 g/mol. The van der Waals surface area contributed by atoms with Crippen LogP contribution in [-0.4, -0.2) is 49.4 Å². The number of carbonyl (C=O) groups is 2. The minimum Gasteiger partial charge on any atom is -0.477 e. The van der Waals surface area contributed by atoms with Crippen molar-refractivity contribution in [2.45, 2.75) is 12.7 Å². The van der Waals surface area contributed by atoms with Gasteiger partial charge in [0, 0.05) is 6.54 Å². The minimum atomic E-state index is -5.22. The molecule has 3 N–H and O–H groups in total. The molecule has 0 saturated carbocycles. The number of aliphatic hydroxyl groups is 1. The maximum atomic E-state index is 12.6. The first-order valence-corrected chi connectivity index (χ1v) is 7.25. The maximum Gasteiger partial charge on any atom is 0.471 e. The number of alkyl halides is 3. The Morgan fingerprint density at radius 2 is 1.77 bits per heavy atom. The second kappa shape index (κ2) is 6.26. The fourth-order valence-electron chi connectivity index (χ4n) is 2.53. The van der Waals surface area contributed by atoms with Crippen LogP contribution in [0.2, 0.25) is 0 Å². The number of aromatic nitrogens is 3. The van der Waals surface area contributed by atoms with Crippen LogP contribution in [0.4, 0.5) is 19.0 Å². The van der Waals surface area contributed by atoms with Gasteiger partial charge in [-0.25, -0.2) is 14.8 Å². The van der Waals surface area contributed by atoms with Gasteiger partial charge in [-0.05, 0) is 12.1 Å². The van der Waals surface area contributed by atoms with E-state index in [0.717, 1.165) is 4.57 Å².